The molecule has 0 aromatic heterocycles. The highest BCUT2D eigenvalue weighted by Gasteiger charge is 2.39. The van der Waals surface area contributed by atoms with Gasteiger partial charge in [-0.25, -0.2) is 0 Å². The summed E-state index contributed by atoms with van der Waals surface area (Å²) in [7, 11) is 3.53. The first-order valence-corrected chi connectivity index (χ1v) is 9.98. The number of anilines is 1. The van der Waals surface area contributed by atoms with Crippen molar-refractivity contribution < 1.29 is 14.3 Å². The minimum atomic E-state index is -0.296. The van der Waals surface area contributed by atoms with E-state index in [1.54, 1.807) is 30.2 Å². The molecule has 1 atom stereocenters. The number of methoxy groups -OCH3 is 1. The Kier molecular flexibility index (Phi) is 6.60. The predicted octanol–water partition coefficient (Wildman–Crippen LogP) is 2.55. The molecule has 2 heterocycles. The van der Waals surface area contributed by atoms with Gasteiger partial charge >= 0.3 is 0 Å². The fourth-order valence-corrected chi connectivity index (χ4v) is 4.19. The average molecular weight is 394 g/mol. The SMILES string of the molecule is CNCCC1CCN(C(=O)C2CC(=O)N(c3cc(Cl)ccc3OC)C2)CC1. The third-order valence-electron chi connectivity index (χ3n) is 5.63. The molecule has 1 unspecified atom stereocenters. The first kappa shape index (κ1) is 20.0. The molecule has 7 heteroatoms. The lowest BCUT2D eigenvalue weighted by molar-refractivity contribution is -0.137. The summed E-state index contributed by atoms with van der Waals surface area (Å²) in [5, 5.41) is 3.73. The largest absolute Gasteiger partial charge is 0.495 e. The van der Waals surface area contributed by atoms with Gasteiger partial charge in [-0.1, -0.05) is 11.6 Å². The first-order chi connectivity index (χ1) is 13.0. The van der Waals surface area contributed by atoms with Crippen LogP contribution < -0.4 is 15.0 Å². The molecule has 2 saturated heterocycles. The quantitative estimate of drug-likeness (QED) is 0.806. The van der Waals surface area contributed by atoms with Crippen LogP contribution in [0.15, 0.2) is 18.2 Å². The summed E-state index contributed by atoms with van der Waals surface area (Å²) in [5.41, 5.74) is 0.635. The lowest BCUT2D eigenvalue weighted by Gasteiger charge is -2.33. The van der Waals surface area contributed by atoms with Crippen LogP contribution in [0, 0.1) is 11.8 Å². The zero-order valence-corrected chi connectivity index (χ0v) is 16.8. The van der Waals surface area contributed by atoms with E-state index >= 15 is 0 Å². The molecule has 1 aromatic rings. The lowest BCUT2D eigenvalue weighted by Crippen LogP contribution is -2.42. The smallest absolute Gasteiger partial charge is 0.228 e. The Balaban J connectivity index is 1.62. The van der Waals surface area contributed by atoms with Crippen LogP contribution in [0.5, 0.6) is 5.75 Å². The van der Waals surface area contributed by atoms with Crippen molar-refractivity contribution in [2.75, 3.05) is 45.2 Å². The summed E-state index contributed by atoms with van der Waals surface area (Å²) < 4.78 is 5.36. The van der Waals surface area contributed by atoms with Crippen molar-refractivity contribution in [2.24, 2.45) is 11.8 Å². The van der Waals surface area contributed by atoms with Crippen LogP contribution in [-0.4, -0.2) is 57.1 Å². The lowest BCUT2D eigenvalue weighted by atomic mass is 9.92. The number of carbonyl (C=O) groups excluding carboxylic acids is 2. The highest BCUT2D eigenvalue weighted by atomic mass is 35.5. The van der Waals surface area contributed by atoms with E-state index < -0.39 is 0 Å². The van der Waals surface area contributed by atoms with Gasteiger partial charge in [-0.05, 0) is 57.0 Å². The Bertz CT molecular complexity index is 689. The monoisotopic (exact) mass is 393 g/mol. The molecule has 27 heavy (non-hydrogen) atoms. The number of piperidine rings is 1. The van der Waals surface area contributed by atoms with Gasteiger partial charge in [0.05, 0.1) is 18.7 Å². The summed E-state index contributed by atoms with van der Waals surface area (Å²) in [6.45, 7) is 2.98. The molecule has 1 aromatic carbocycles. The molecule has 0 aliphatic carbocycles. The van der Waals surface area contributed by atoms with Gasteiger partial charge in [-0.15, -0.1) is 0 Å². The van der Waals surface area contributed by atoms with Crippen LogP contribution in [0.25, 0.3) is 0 Å². The highest BCUT2D eigenvalue weighted by molar-refractivity contribution is 6.31. The van der Waals surface area contributed by atoms with Crippen LogP contribution in [0.1, 0.15) is 25.7 Å². The van der Waals surface area contributed by atoms with Gasteiger partial charge in [0, 0.05) is 31.1 Å². The minimum Gasteiger partial charge on any atom is -0.495 e. The third kappa shape index (κ3) is 4.55. The topological polar surface area (TPSA) is 61.9 Å². The number of ether oxygens (including phenoxy) is 1. The molecule has 2 aliphatic rings. The second kappa shape index (κ2) is 8.93. The number of amides is 2. The van der Waals surface area contributed by atoms with E-state index in [9.17, 15) is 9.59 Å². The molecular weight excluding hydrogens is 366 g/mol. The van der Waals surface area contributed by atoms with Crippen molar-refractivity contribution >= 4 is 29.1 Å². The zero-order chi connectivity index (χ0) is 19.4. The maximum absolute atomic E-state index is 12.9. The number of likely N-dealkylation sites (tertiary alicyclic amines) is 1. The molecule has 0 saturated carbocycles. The van der Waals surface area contributed by atoms with Crippen LogP contribution in [0.4, 0.5) is 5.69 Å². The summed E-state index contributed by atoms with van der Waals surface area (Å²) in [6.07, 6.45) is 3.48. The Hall–Kier alpha value is -1.79. The molecule has 1 N–H and O–H groups in total. The Morgan fingerprint density at radius 2 is 2.07 bits per heavy atom. The van der Waals surface area contributed by atoms with E-state index in [-0.39, 0.29) is 24.2 Å². The van der Waals surface area contributed by atoms with Gasteiger partial charge < -0.3 is 19.9 Å². The van der Waals surface area contributed by atoms with Gasteiger partial charge in [-0.2, -0.15) is 0 Å². The summed E-state index contributed by atoms with van der Waals surface area (Å²) in [6, 6.07) is 5.19. The normalized spacial score (nSPS) is 21.0. The molecule has 2 fully saturated rings. The van der Waals surface area contributed by atoms with Crippen molar-refractivity contribution in [1.82, 2.24) is 10.2 Å². The second-order valence-corrected chi connectivity index (χ2v) is 7.82. The van der Waals surface area contributed by atoms with Gasteiger partial charge in [-0.3, -0.25) is 9.59 Å². The van der Waals surface area contributed by atoms with Gasteiger partial charge in [0.15, 0.2) is 0 Å². The minimum absolute atomic E-state index is 0.0576. The number of nitrogens with zero attached hydrogens (tertiary/aromatic N) is 2. The van der Waals surface area contributed by atoms with Crippen LogP contribution in [0.3, 0.4) is 0 Å². The molecule has 148 valence electrons. The predicted molar refractivity (Wildman–Crippen MR) is 106 cm³/mol. The summed E-state index contributed by atoms with van der Waals surface area (Å²) >= 11 is 6.10. The van der Waals surface area contributed by atoms with Gasteiger partial charge in [0.25, 0.3) is 0 Å². The van der Waals surface area contributed by atoms with Gasteiger partial charge in [0.1, 0.15) is 5.75 Å². The number of rotatable bonds is 6. The van der Waals surface area contributed by atoms with E-state index in [2.05, 4.69) is 5.32 Å². The summed E-state index contributed by atoms with van der Waals surface area (Å²) in [5.74, 6) is 1.01. The maximum Gasteiger partial charge on any atom is 0.228 e. The number of carbonyl (C=O) groups is 2. The molecule has 0 spiro atoms. The molecule has 6 nitrogen and oxygen atoms in total. The zero-order valence-electron chi connectivity index (χ0n) is 16.0. The van der Waals surface area contributed by atoms with Crippen molar-refractivity contribution in [2.45, 2.75) is 25.7 Å². The second-order valence-electron chi connectivity index (χ2n) is 7.38. The number of hydrogen-bond acceptors (Lipinski definition) is 4. The molecule has 3 rings (SSSR count). The summed E-state index contributed by atoms with van der Waals surface area (Å²) in [4.78, 5) is 29.1. The van der Waals surface area contributed by atoms with E-state index in [1.165, 1.54) is 0 Å². The third-order valence-corrected chi connectivity index (χ3v) is 5.87. The number of halogens is 1. The fourth-order valence-electron chi connectivity index (χ4n) is 4.03. The van der Waals surface area contributed by atoms with Crippen LogP contribution in [-0.2, 0) is 9.59 Å². The fraction of sp³-hybridized carbons (Fsp3) is 0.600. The molecule has 0 bridgehead atoms. The van der Waals surface area contributed by atoms with Crippen molar-refractivity contribution in [1.29, 1.82) is 0 Å². The first-order valence-electron chi connectivity index (χ1n) is 9.60. The number of hydrogen-bond donors (Lipinski definition) is 1. The Morgan fingerprint density at radius 3 is 2.74 bits per heavy atom. The van der Waals surface area contributed by atoms with E-state index in [0.717, 1.165) is 38.9 Å². The van der Waals surface area contributed by atoms with Crippen LogP contribution in [0.2, 0.25) is 5.02 Å². The van der Waals surface area contributed by atoms with E-state index in [1.807, 2.05) is 11.9 Å². The van der Waals surface area contributed by atoms with Crippen molar-refractivity contribution in [3.05, 3.63) is 23.2 Å². The molecule has 2 aliphatic heterocycles. The standard InChI is InChI=1S/C20H28ClN3O3/c1-22-8-5-14-6-9-23(10-7-14)20(26)15-11-19(25)24(13-15)17-12-16(21)3-4-18(17)27-2/h3-4,12,14-15,22H,5-11,13H2,1-2H3. The van der Waals surface area contributed by atoms with Crippen molar-refractivity contribution in [3.8, 4) is 5.75 Å². The van der Waals surface area contributed by atoms with E-state index in [4.69, 9.17) is 16.3 Å². The molecule has 0 radical (unpaired) electrons. The Morgan fingerprint density at radius 1 is 1.33 bits per heavy atom. The highest BCUT2D eigenvalue weighted by Crippen LogP contribution is 2.36. The Labute approximate surface area is 165 Å². The maximum atomic E-state index is 12.9. The number of nitrogens with one attached hydrogen (secondary N) is 1. The molecule has 2 amide bonds. The average Bonchev–Trinajstić information content (AvgIpc) is 3.07. The van der Waals surface area contributed by atoms with Gasteiger partial charge in [0.2, 0.25) is 11.8 Å². The van der Waals surface area contributed by atoms with Crippen LogP contribution >= 0.6 is 11.6 Å². The number of benzene rings is 1. The van der Waals surface area contributed by atoms with E-state index in [0.29, 0.717) is 28.9 Å². The van der Waals surface area contributed by atoms with Crippen molar-refractivity contribution in [3.63, 3.8) is 0 Å². The molecular formula is C20H28ClN3O3.